The zero-order valence-electron chi connectivity index (χ0n) is 10.2. The number of ketones is 1. The number of carbonyl (C=O) groups is 1. The van der Waals surface area contributed by atoms with Gasteiger partial charge in [-0.05, 0) is 46.6 Å². The molecule has 3 rings (SSSR count). The van der Waals surface area contributed by atoms with Crippen LogP contribution in [0.4, 0.5) is 0 Å². The molecule has 4 heteroatoms. The van der Waals surface area contributed by atoms with Crippen molar-refractivity contribution in [2.75, 3.05) is 0 Å². The third kappa shape index (κ3) is 2.19. The minimum Gasteiger partial charge on any atom is -0.452 e. The molecule has 0 aliphatic heterocycles. The van der Waals surface area contributed by atoms with Gasteiger partial charge >= 0.3 is 0 Å². The van der Waals surface area contributed by atoms with Crippen LogP contribution < -0.4 is 0 Å². The number of hydrogen-bond acceptors (Lipinski definition) is 3. The summed E-state index contributed by atoms with van der Waals surface area (Å²) in [5.74, 6) is 0.113. The number of fused-ring (bicyclic) bond motifs is 1. The zero-order chi connectivity index (χ0) is 13.4. The summed E-state index contributed by atoms with van der Waals surface area (Å²) >= 11 is 3.29. The standard InChI is InChI=1S/C15H10BrNO2/c1-9-3-2-4-10-7-13(19-15(9)10)14(18)12-6-5-11(16)8-17-12/h2-8H,1H3. The number of aryl methyl sites for hydroxylation is 1. The average Bonchev–Trinajstić information content (AvgIpc) is 2.84. The van der Waals surface area contributed by atoms with Gasteiger partial charge < -0.3 is 4.42 Å². The van der Waals surface area contributed by atoms with Crippen molar-refractivity contribution in [3.05, 3.63) is 64.1 Å². The van der Waals surface area contributed by atoms with Crippen LogP contribution in [0, 0.1) is 6.92 Å². The number of furan rings is 1. The SMILES string of the molecule is Cc1cccc2cc(C(=O)c3ccc(Br)cn3)oc12. The Morgan fingerprint density at radius 3 is 2.79 bits per heavy atom. The van der Waals surface area contributed by atoms with Crippen LogP contribution in [0.3, 0.4) is 0 Å². The van der Waals surface area contributed by atoms with E-state index in [1.807, 2.05) is 25.1 Å². The monoisotopic (exact) mass is 315 g/mol. The van der Waals surface area contributed by atoms with Gasteiger partial charge in [-0.1, -0.05) is 18.2 Å². The normalized spacial score (nSPS) is 10.8. The first-order valence-corrected chi connectivity index (χ1v) is 6.60. The molecule has 0 N–H and O–H groups in total. The van der Waals surface area contributed by atoms with Gasteiger partial charge in [0.25, 0.3) is 0 Å². The van der Waals surface area contributed by atoms with Crippen molar-refractivity contribution in [2.45, 2.75) is 6.92 Å². The van der Waals surface area contributed by atoms with E-state index in [0.29, 0.717) is 11.5 Å². The van der Waals surface area contributed by atoms with Gasteiger partial charge in [0.15, 0.2) is 5.76 Å². The Bertz CT molecular complexity index is 759. The Hall–Kier alpha value is -1.94. The molecule has 0 spiro atoms. The molecule has 0 atom stereocenters. The predicted molar refractivity (Wildman–Crippen MR) is 76.3 cm³/mol. The molecule has 0 bridgehead atoms. The van der Waals surface area contributed by atoms with E-state index >= 15 is 0 Å². The van der Waals surface area contributed by atoms with E-state index in [2.05, 4.69) is 20.9 Å². The number of rotatable bonds is 2. The molecule has 2 heterocycles. The summed E-state index contributed by atoms with van der Waals surface area (Å²) in [5, 5.41) is 0.931. The molecule has 0 aliphatic rings. The molecule has 0 amide bonds. The molecule has 3 nitrogen and oxygen atoms in total. The number of carbonyl (C=O) groups excluding carboxylic acids is 1. The van der Waals surface area contributed by atoms with Gasteiger partial charge in [0.05, 0.1) is 0 Å². The van der Waals surface area contributed by atoms with Gasteiger partial charge in [0, 0.05) is 16.1 Å². The Morgan fingerprint density at radius 2 is 2.11 bits per heavy atom. The largest absolute Gasteiger partial charge is 0.452 e. The molecule has 0 unspecified atom stereocenters. The van der Waals surface area contributed by atoms with Crippen LogP contribution in [0.2, 0.25) is 0 Å². The maximum absolute atomic E-state index is 12.3. The van der Waals surface area contributed by atoms with Crippen LogP contribution in [0.15, 0.2) is 51.5 Å². The highest BCUT2D eigenvalue weighted by atomic mass is 79.9. The maximum Gasteiger partial charge on any atom is 0.246 e. The predicted octanol–water partition coefficient (Wildman–Crippen LogP) is 4.13. The summed E-state index contributed by atoms with van der Waals surface area (Å²) in [6, 6.07) is 11.0. The van der Waals surface area contributed by atoms with E-state index in [4.69, 9.17) is 4.42 Å². The fourth-order valence-electron chi connectivity index (χ4n) is 1.96. The van der Waals surface area contributed by atoms with Gasteiger partial charge in [0.1, 0.15) is 11.3 Å². The van der Waals surface area contributed by atoms with Crippen molar-refractivity contribution in [3.8, 4) is 0 Å². The third-order valence-electron chi connectivity index (χ3n) is 2.92. The molecular weight excluding hydrogens is 306 g/mol. The second-order valence-corrected chi connectivity index (χ2v) is 5.21. The van der Waals surface area contributed by atoms with Crippen molar-refractivity contribution in [2.24, 2.45) is 0 Å². The van der Waals surface area contributed by atoms with Crippen LogP contribution in [0.5, 0.6) is 0 Å². The van der Waals surface area contributed by atoms with Crippen LogP contribution in [-0.2, 0) is 0 Å². The Labute approximate surface area is 118 Å². The fourth-order valence-corrected chi connectivity index (χ4v) is 2.19. The van der Waals surface area contributed by atoms with Crippen LogP contribution in [-0.4, -0.2) is 10.8 Å². The second kappa shape index (κ2) is 4.63. The van der Waals surface area contributed by atoms with Crippen molar-refractivity contribution in [1.82, 2.24) is 4.98 Å². The van der Waals surface area contributed by atoms with Crippen molar-refractivity contribution in [3.63, 3.8) is 0 Å². The molecule has 19 heavy (non-hydrogen) atoms. The molecule has 0 fully saturated rings. The van der Waals surface area contributed by atoms with Crippen LogP contribution >= 0.6 is 15.9 Å². The lowest BCUT2D eigenvalue weighted by Crippen LogP contribution is -2.01. The second-order valence-electron chi connectivity index (χ2n) is 4.29. The molecule has 0 aliphatic carbocycles. The molecular formula is C15H10BrNO2. The van der Waals surface area contributed by atoms with E-state index in [0.717, 1.165) is 21.0 Å². The summed E-state index contributed by atoms with van der Waals surface area (Å²) in [6.07, 6.45) is 1.60. The molecule has 0 saturated carbocycles. The van der Waals surface area contributed by atoms with Gasteiger partial charge in [0.2, 0.25) is 5.78 Å². The molecule has 2 aromatic heterocycles. The quantitative estimate of drug-likeness (QED) is 0.668. The molecule has 0 saturated heterocycles. The van der Waals surface area contributed by atoms with E-state index in [1.165, 1.54) is 0 Å². The van der Waals surface area contributed by atoms with Crippen molar-refractivity contribution in [1.29, 1.82) is 0 Å². The van der Waals surface area contributed by atoms with Crippen LogP contribution in [0.25, 0.3) is 11.0 Å². The highest BCUT2D eigenvalue weighted by Gasteiger charge is 2.16. The zero-order valence-corrected chi connectivity index (χ0v) is 11.8. The van der Waals surface area contributed by atoms with Crippen molar-refractivity contribution >= 4 is 32.7 Å². The number of nitrogens with zero attached hydrogens (tertiary/aromatic N) is 1. The Balaban J connectivity index is 2.06. The molecule has 94 valence electrons. The van der Waals surface area contributed by atoms with Gasteiger partial charge in [-0.3, -0.25) is 9.78 Å². The smallest absolute Gasteiger partial charge is 0.246 e. The topological polar surface area (TPSA) is 43.1 Å². The Kier molecular flexibility index (Phi) is 2.95. The highest BCUT2D eigenvalue weighted by molar-refractivity contribution is 9.10. The number of benzene rings is 1. The summed E-state index contributed by atoms with van der Waals surface area (Å²) in [5.41, 5.74) is 2.14. The van der Waals surface area contributed by atoms with E-state index in [9.17, 15) is 4.79 Å². The summed E-state index contributed by atoms with van der Waals surface area (Å²) in [4.78, 5) is 16.4. The lowest BCUT2D eigenvalue weighted by Gasteiger charge is -1.96. The minimum absolute atomic E-state index is 0.205. The average molecular weight is 316 g/mol. The first kappa shape index (κ1) is 12.1. The number of pyridine rings is 1. The lowest BCUT2D eigenvalue weighted by atomic mass is 10.1. The van der Waals surface area contributed by atoms with Crippen molar-refractivity contribution < 1.29 is 9.21 Å². The first-order valence-electron chi connectivity index (χ1n) is 5.80. The molecule has 0 radical (unpaired) electrons. The maximum atomic E-state index is 12.3. The summed E-state index contributed by atoms with van der Waals surface area (Å²) < 4.78 is 6.48. The van der Waals surface area contributed by atoms with E-state index < -0.39 is 0 Å². The number of halogens is 1. The first-order chi connectivity index (χ1) is 9.15. The fraction of sp³-hybridized carbons (Fsp3) is 0.0667. The molecule has 3 aromatic rings. The summed E-state index contributed by atoms with van der Waals surface area (Å²) in [6.45, 7) is 1.96. The van der Waals surface area contributed by atoms with Gasteiger partial charge in [-0.25, -0.2) is 0 Å². The van der Waals surface area contributed by atoms with E-state index in [1.54, 1.807) is 24.4 Å². The Morgan fingerprint density at radius 1 is 1.26 bits per heavy atom. The lowest BCUT2D eigenvalue weighted by molar-refractivity contribution is 0.101. The number of hydrogen-bond donors (Lipinski definition) is 0. The third-order valence-corrected chi connectivity index (χ3v) is 3.39. The molecule has 1 aromatic carbocycles. The van der Waals surface area contributed by atoms with Crippen LogP contribution in [0.1, 0.15) is 21.8 Å². The number of aromatic nitrogens is 1. The van der Waals surface area contributed by atoms with Gasteiger partial charge in [-0.15, -0.1) is 0 Å². The minimum atomic E-state index is -0.205. The summed E-state index contributed by atoms with van der Waals surface area (Å²) in [7, 11) is 0. The number of para-hydroxylation sites is 1. The van der Waals surface area contributed by atoms with E-state index in [-0.39, 0.29) is 5.78 Å². The highest BCUT2D eigenvalue weighted by Crippen LogP contribution is 2.24. The van der Waals surface area contributed by atoms with Gasteiger partial charge in [-0.2, -0.15) is 0 Å².